The lowest BCUT2D eigenvalue weighted by Gasteiger charge is -2.39. The summed E-state index contributed by atoms with van der Waals surface area (Å²) in [5.41, 5.74) is 0. The van der Waals surface area contributed by atoms with Gasteiger partial charge in [0.25, 0.3) is 0 Å². The SMILES string of the molecule is CNC(C)C1CCN(C(C)C(=O)N2CCCCC2)CC1. The molecule has 2 heterocycles. The van der Waals surface area contributed by atoms with Crippen molar-refractivity contribution in [2.75, 3.05) is 33.2 Å². The van der Waals surface area contributed by atoms with Gasteiger partial charge in [0.15, 0.2) is 0 Å². The van der Waals surface area contributed by atoms with Crippen molar-refractivity contribution in [3.63, 3.8) is 0 Å². The zero-order chi connectivity index (χ0) is 14.5. The van der Waals surface area contributed by atoms with Crippen LogP contribution >= 0.6 is 0 Å². The van der Waals surface area contributed by atoms with Crippen LogP contribution in [0.5, 0.6) is 0 Å². The van der Waals surface area contributed by atoms with E-state index in [0.717, 1.165) is 32.1 Å². The standard InChI is InChI=1S/C16H31N3O/c1-13(17-3)15-7-11-18(12-8-15)14(2)16(20)19-9-5-4-6-10-19/h13-15,17H,4-12H2,1-3H3. The molecule has 2 fully saturated rings. The number of carbonyl (C=O) groups excluding carboxylic acids is 1. The van der Waals surface area contributed by atoms with E-state index in [0.29, 0.717) is 11.9 Å². The van der Waals surface area contributed by atoms with E-state index in [1.807, 2.05) is 7.05 Å². The highest BCUT2D eigenvalue weighted by molar-refractivity contribution is 5.81. The number of hydrogen-bond acceptors (Lipinski definition) is 3. The first-order chi connectivity index (χ1) is 9.63. The fraction of sp³-hybridized carbons (Fsp3) is 0.938. The quantitative estimate of drug-likeness (QED) is 0.852. The molecule has 2 aliphatic rings. The molecule has 0 radical (unpaired) electrons. The van der Waals surface area contributed by atoms with Crippen molar-refractivity contribution in [2.24, 2.45) is 5.92 Å². The molecule has 1 amide bonds. The van der Waals surface area contributed by atoms with Gasteiger partial charge in [0.05, 0.1) is 6.04 Å². The predicted molar refractivity (Wildman–Crippen MR) is 82.7 cm³/mol. The van der Waals surface area contributed by atoms with Gasteiger partial charge in [-0.3, -0.25) is 9.69 Å². The van der Waals surface area contributed by atoms with E-state index in [1.165, 1.54) is 32.1 Å². The van der Waals surface area contributed by atoms with Crippen molar-refractivity contribution >= 4 is 5.91 Å². The van der Waals surface area contributed by atoms with E-state index in [1.54, 1.807) is 0 Å². The molecule has 116 valence electrons. The van der Waals surface area contributed by atoms with Crippen LogP contribution < -0.4 is 5.32 Å². The zero-order valence-electron chi connectivity index (χ0n) is 13.4. The highest BCUT2D eigenvalue weighted by atomic mass is 16.2. The monoisotopic (exact) mass is 281 g/mol. The van der Waals surface area contributed by atoms with Crippen molar-refractivity contribution < 1.29 is 4.79 Å². The molecule has 0 aromatic rings. The molecular weight excluding hydrogens is 250 g/mol. The van der Waals surface area contributed by atoms with Crippen LogP contribution in [-0.4, -0.2) is 61.0 Å². The molecule has 2 atom stereocenters. The smallest absolute Gasteiger partial charge is 0.239 e. The largest absolute Gasteiger partial charge is 0.341 e. The molecule has 0 spiro atoms. The number of rotatable bonds is 4. The molecule has 2 saturated heterocycles. The fourth-order valence-electron chi connectivity index (χ4n) is 3.58. The topological polar surface area (TPSA) is 35.6 Å². The lowest BCUT2D eigenvalue weighted by molar-refractivity contribution is -0.137. The van der Waals surface area contributed by atoms with E-state index < -0.39 is 0 Å². The molecule has 2 unspecified atom stereocenters. The van der Waals surface area contributed by atoms with Gasteiger partial charge in [-0.15, -0.1) is 0 Å². The molecule has 0 saturated carbocycles. The van der Waals surface area contributed by atoms with Gasteiger partial charge in [-0.05, 0) is 72.0 Å². The second-order valence-corrected chi connectivity index (χ2v) is 6.51. The summed E-state index contributed by atoms with van der Waals surface area (Å²) in [6.45, 7) is 8.43. The Morgan fingerprint density at radius 3 is 2.20 bits per heavy atom. The molecule has 20 heavy (non-hydrogen) atoms. The number of likely N-dealkylation sites (tertiary alicyclic amines) is 2. The van der Waals surface area contributed by atoms with Crippen LogP contribution in [0.25, 0.3) is 0 Å². The van der Waals surface area contributed by atoms with Crippen LogP contribution in [-0.2, 0) is 4.79 Å². The normalized spacial score (nSPS) is 25.4. The van der Waals surface area contributed by atoms with Gasteiger partial charge in [0.1, 0.15) is 0 Å². The molecule has 2 rings (SSSR count). The first-order valence-electron chi connectivity index (χ1n) is 8.33. The number of nitrogens with one attached hydrogen (secondary N) is 1. The van der Waals surface area contributed by atoms with Crippen molar-refractivity contribution in [1.82, 2.24) is 15.1 Å². The molecule has 2 aliphatic heterocycles. The molecule has 0 aliphatic carbocycles. The van der Waals surface area contributed by atoms with Gasteiger partial charge in [0, 0.05) is 19.1 Å². The highest BCUT2D eigenvalue weighted by Crippen LogP contribution is 2.23. The molecule has 4 heteroatoms. The predicted octanol–water partition coefficient (Wildman–Crippen LogP) is 1.71. The Kier molecular flexibility index (Phi) is 5.85. The van der Waals surface area contributed by atoms with Crippen LogP contribution in [0.15, 0.2) is 0 Å². The Morgan fingerprint density at radius 1 is 1.05 bits per heavy atom. The maximum atomic E-state index is 12.5. The van der Waals surface area contributed by atoms with Crippen molar-refractivity contribution in [1.29, 1.82) is 0 Å². The summed E-state index contributed by atoms with van der Waals surface area (Å²) < 4.78 is 0. The molecule has 0 aromatic carbocycles. The van der Waals surface area contributed by atoms with Crippen molar-refractivity contribution in [3.8, 4) is 0 Å². The average Bonchev–Trinajstić information content (AvgIpc) is 2.53. The van der Waals surface area contributed by atoms with Gasteiger partial charge in [-0.2, -0.15) is 0 Å². The Labute approximate surface area is 123 Å². The highest BCUT2D eigenvalue weighted by Gasteiger charge is 2.30. The maximum Gasteiger partial charge on any atom is 0.239 e. The second-order valence-electron chi connectivity index (χ2n) is 6.51. The van der Waals surface area contributed by atoms with Crippen LogP contribution in [0.4, 0.5) is 0 Å². The Balaban J connectivity index is 1.81. The number of nitrogens with zero attached hydrogens (tertiary/aromatic N) is 2. The summed E-state index contributed by atoms with van der Waals surface area (Å²) in [5, 5.41) is 3.36. The Bertz CT molecular complexity index is 307. The minimum absolute atomic E-state index is 0.0685. The number of hydrogen-bond donors (Lipinski definition) is 1. The van der Waals surface area contributed by atoms with Crippen molar-refractivity contribution in [3.05, 3.63) is 0 Å². The van der Waals surface area contributed by atoms with Gasteiger partial charge < -0.3 is 10.2 Å². The van der Waals surface area contributed by atoms with Crippen LogP contribution in [0.3, 0.4) is 0 Å². The second kappa shape index (κ2) is 7.41. The van der Waals surface area contributed by atoms with Crippen LogP contribution in [0.2, 0.25) is 0 Å². The van der Waals surface area contributed by atoms with Gasteiger partial charge in [0.2, 0.25) is 5.91 Å². The lowest BCUT2D eigenvalue weighted by Crippen LogP contribution is -2.51. The zero-order valence-corrected chi connectivity index (χ0v) is 13.4. The molecular formula is C16H31N3O. The maximum absolute atomic E-state index is 12.5. The number of carbonyl (C=O) groups is 1. The van der Waals surface area contributed by atoms with E-state index in [-0.39, 0.29) is 6.04 Å². The third kappa shape index (κ3) is 3.73. The summed E-state index contributed by atoms with van der Waals surface area (Å²) in [7, 11) is 2.04. The fourth-order valence-corrected chi connectivity index (χ4v) is 3.58. The van der Waals surface area contributed by atoms with E-state index in [4.69, 9.17) is 0 Å². The lowest BCUT2D eigenvalue weighted by atomic mass is 9.90. The molecule has 1 N–H and O–H groups in total. The minimum atomic E-state index is 0.0685. The minimum Gasteiger partial charge on any atom is -0.341 e. The third-order valence-electron chi connectivity index (χ3n) is 5.31. The summed E-state index contributed by atoms with van der Waals surface area (Å²) in [6.07, 6.45) is 6.06. The summed E-state index contributed by atoms with van der Waals surface area (Å²) >= 11 is 0. The van der Waals surface area contributed by atoms with Gasteiger partial charge >= 0.3 is 0 Å². The molecule has 0 aromatic heterocycles. The Morgan fingerprint density at radius 2 is 1.65 bits per heavy atom. The van der Waals surface area contributed by atoms with E-state index in [2.05, 4.69) is 29.0 Å². The first-order valence-corrected chi connectivity index (χ1v) is 8.33. The Hall–Kier alpha value is -0.610. The van der Waals surface area contributed by atoms with Crippen molar-refractivity contribution in [2.45, 2.75) is 58.0 Å². The number of amides is 1. The average molecular weight is 281 g/mol. The number of piperidine rings is 2. The molecule has 0 bridgehead atoms. The first kappa shape index (κ1) is 15.8. The third-order valence-corrected chi connectivity index (χ3v) is 5.31. The van der Waals surface area contributed by atoms with Gasteiger partial charge in [-0.1, -0.05) is 0 Å². The van der Waals surface area contributed by atoms with Crippen LogP contribution in [0, 0.1) is 5.92 Å². The molecule has 4 nitrogen and oxygen atoms in total. The van der Waals surface area contributed by atoms with Gasteiger partial charge in [-0.25, -0.2) is 0 Å². The summed E-state index contributed by atoms with van der Waals surface area (Å²) in [4.78, 5) is 17.0. The van der Waals surface area contributed by atoms with E-state index >= 15 is 0 Å². The summed E-state index contributed by atoms with van der Waals surface area (Å²) in [6, 6.07) is 0.657. The van der Waals surface area contributed by atoms with Crippen LogP contribution in [0.1, 0.15) is 46.0 Å². The summed E-state index contributed by atoms with van der Waals surface area (Å²) in [5.74, 6) is 1.11. The van der Waals surface area contributed by atoms with E-state index in [9.17, 15) is 4.79 Å².